The lowest BCUT2D eigenvalue weighted by Gasteiger charge is -2.17. The zero-order chi connectivity index (χ0) is 12.6. The van der Waals surface area contributed by atoms with Crippen molar-refractivity contribution in [2.24, 2.45) is 0 Å². The van der Waals surface area contributed by atoms with Crippen LogP contribution in [0.3, 0.4) is 0 Å². The molecule has 1 unspecified atom stereocenters. The first kappa shape index (κ1) is 11.7. The van der Waals surface area contributed by atoms with Crippen molar-refractivity contribution in [3.63, 3.8) is 0 Å². The van der Waals surface area contributed by atoms with Crippen molar-refractivity contribution in [3.05, 3.63) is 36.0 Å². The van der Waals surface area contributed by atoms with Crippen LogP contribution in [0.1, 0.15) is 18.5 Å². The normalized spacial score (nSPS) is 13.9. The molecule has 0 spiro atoms. The quantitative estimate of drug-likeness (QED) is 0.828. The maximum absolute atomic E-state index is 12.7. The second-order valence-electron chi connectivity index (χ2n) is 3.92. The predicted molar refractivity (Wildman–Crippen MR) is 60.6 cm³/mol. The number of rotatable bonds is 1. The number of alkyl halides is 3. The summed E-state index contributed by atoms with van der Waals surface area (Å²) >= 11 is 0. The monoisotopic (exact) mass is 240 g/mol. The van der Waals surface area contributed by atoms with Crippen LogP contribution in [-0.2, 0) is 0 Å². The summed E-state index contributed by atoms with van der Waals surface area (Å²) in [6, 6.07) is 8.36. The largest absolute Gasteiger partial charge is 0.397 e. The number of anilines is 1. The van der Waals surface area contributed by atoms with Gasteiger partial charge in [0.1, 0.15) is 5.82 Å². The standard InChI is InChI=1S/C12H11F3N2/c1-7(12(13,14)15)11-9-5-3-2-4-8(9)6-10(16)17-11/h2-7H,1H3,(H2,16,17). The van der Waals surface area contributed by atoms with Gasteiger partial charge >= 0.3 is 6.18 Å². The molecule has 0 saturated heterocycles. The number of fused-ring (bicyclic) bond motifs is 1. The topological polar surface area (TPSA) is 38.9 Å². The summed E-state index contributed by atoms with van der Waals surface area (Å²) in [5.41, 5.74) is 5.51. The van der Waals surface area contributed by atoms with E-state index in [1.165, 1.54) is 0 Å². The number of halogens is 3. The number of nitrogen functional groups attached to an aromatic ring is 1. The molecule has 0 aliphatic heterocycles. The number of nitrogens with two attached hydrogens (primary N) is 1. The zero-order valence-corrected chi connectivity index (χ0v) is 9.12. The van der Waals surface area contributed by atoms with Gasteiger partial charge in [0.2, 0.25) is 0 Å². The Balaban J connectivity index is 2.68. The third-order valence-electron chi connectivity index (χ3n) is 2.69. The lowest BCUT2D eigenvalue weighted by molar-refractivity contribution is -0.146. The Morgan fingerprint density at radius 2 is 1.88 bits per heavy atom. The van der Waals surface area contributed by atoms with Crippen molar-refractivity contribution in [1.29, 1.82) is 0 Å². The van der Waals surface area contributed by atoms with Gasteiger partial charge in [0.15, 0.2) is 0 Å². The zero-order valence-electron chi connectivity index (χ0n) is 9.12. The van der Waals surface area contributed by atoms with E-state index in [0.29, 0.717) is 10.8 Å². The maximum Gasteiger partial charge on any atom is 0.397 e. The van der Waals surface area contributed by atoms with Gasteiger partial charge in [-0.3, -0.25) is 0 Å². The van der Waals surface area contributed by atoms with Gasteiger partial charge in [0, 0.05) is 5.39 Å². The summed E-state index contributed by atoms with van der Waals surface area (Å²) in [4.78, 5) is 3.83. The molecule has 0 bridgehead atoms. The molecular formula is C12H11F3N2. The molecule has 0 amide bonds. The lowest BCUT2D eigenvalue weighted by Crippen LogP contribution is -2.19. The summed E-state index contributed by atoms with van der Waals surface area (Å²) in [6.45, 7) is 1.09. The van der Waals surface area contributed by atoms with Crippen molar-refractivity contribution >= 4 is 16.6 Å². The summed E-state index contributed by atoms with van der Waals surface area (Å²) in [5, 5.41) is 1.16. The van der Waals surface area contributed by atoms with E-state index in [4.69, 9.17) is 5.73 Å². The van der Waals surface area contributed by atoms with Crippen molar-refractivity contribution in [2.45, 2.75) is 19.0 Å². The Hall–Kier alpha value is -1.78. The molecule has 17 heavy (non-hydrogen) atoms. The Labute approximate surface area is 96.3 Å². The summed E-state index contributed by atoms with van der Waals surface area (Å²) < 4.78 is 38.1. The summed E-state index contributed by atoms with van der Waals surface area (Å²) in [6.07, 6.45) is -4.32. The van der Waals surface area contributed by atoms with E-state index in [-0.39, 0.29) is 11.5 Å². The van der Waals surface area contributed by atoms with E-state index in [1.807, 2.05) is 0 Å². The molecule has 2 aromatic rings. The molecule has 1 aromatic carbocycles. The van der Waals surface area contributed by atoms with E-state index in [1.54, 1.807) is 30.3 Å². The van der Waals surface area contributed by atoms with E-state index in [2.05, 4.69) is 4.98 Å². The van der Waals surface area contributed by atoms with Crippen molar-refractivity contribution in [3.8, 4) is 0 Å². The molecule has 0 saturated carbocycles. The van der Waals surface area contributed by atoms with E-state index < -0.39 is 12.1 Å². The average Bonchev–Trinajstić information content (AvgIpc) is 2.25. The second kappa shape index (κ2) is 3.91. The van der Waals surface area contributed by atoms with Gasteiger partial charge in [-0.05, 0) is 18.4 Å². The van der Waals surface area contributed by atoms with Gasteiger partial charge in [0.05, 0.1) is 11.6 Å². The molecule has 0 radical (unpaired) electrons. The number of hydrogen-bond acceptors (Lipinski definition) is 2. The number of benzene rings is 1. The van der Waals surface area contributed by atoms with Crippen LogP contribution < -0.4 is 5.73 Å². The number of hydrogen-bond donors (Lipinski definition) is 1. The molecule has 1 heterocycles. The van der Waals surface area contributed by atoms with Crippen LogP contribution in [0, 0.1) is 0 Å². The smallest absolute Gasteiger partial charge is 0.384 e. The second-order valence-corrected chi connectivity index (χ2v) is 3.92. The van der Waals surface area contributed by atoms with E-state index in [0.717, 1.165) is 6.92 Å². The minimum atomic E-state index is -4.32. The molecule has 2 nitrogen and oxygen atoms in total. The molecule has 5 heteroatoms. The Bertz CT molecular complexity index is 549. The lowest BCUT2D eigenvalue weighted by atomic mass is 10.00. The van der Waals surface area contributed by atoms with E-state index >= 15 is 0 Å². The van der Waals surface area contributed by atoms with Crippen LogP contribution >= 0.6 is 0 Å². The van der Waals surface area contributed by atoms with Crippen LogP contribution in [0.15, 0.2) is 30.3 Å². The van der Waals surface area contributed by atoms with Crippen LogP contribution in [-0.4, -0.2) is 11.2 Å². The molecular weight excluding hydrogens is 229 g/mol. The summed E-state index contributed by atoms with van der Waals surface area (Å²) in [7, 11) is 0. The Morgan fingerprint density at radius 1 is 1.24 bits per heavy atom. The van der Waals surface area contributed by atoms with Gasteiger partial charge < -0.3 is 5.73 Å². The van der Waals surface area contributed by atoms with Crippen LogP contribution in [0.4, 0.5) is 19.0 Å². The number of pyridine rings is 1. The Kier molecular flexibility index (Phi) is 2.69. The fourth-order valence-electron chi connectivity index (χ4n) is 1.73. The van der Waals surface area contributed by atoms with Gasteiger partial charge in [-0.1, -0.05) is 24.3 Å². The minimum absolute atomic E-state index is 0.0203. The highest BCUT2D eigenvalue weighted by molar-refractivity contribution is 5.86. The summed E-state index contributed by atoms with van der Waals surface area (Å²) in [5.74, 6) is -1.52. The van der Waals surface area contributed by atoms with Crippen LogP contribution in [0.25, 0.3) is 10.8 Å². The predicted octanol–water partition coefficient (Wildman–Crippen LogP) is 3.48. The highest BCUT2D eigenvalue weighted by Crippen LogP contribution is 2.36. The van der Waals surface area contributed by atoms with Crippen LogP contribution in [0.5, 0.6) is 0 Å². The molecule has 90 valence electrons. The van der Waals surface area contributed by atoms with Gasteiger partial charge in [-0.2, -0.15) is 13.2 Å². The fourth-order valence-corrected chi connectivity index (χ4v) is 1.73. The number of nitrogens with zero attached hydrogens (tertiary/aromatic N) is 1. The SMILES string of the molecule is CC(c1nc(N)cc2ccccc12)C(F)(F)F. The van der Waals surface area contributed by atoms with Gasteiger partial charge in [0.25, 0.3) is 0 Å². The van der Waals surface area contributed by atoms with Crippen LogP contribution in [0.2, 0.25) is 0 Å². The highest BCUT2D eigenvalue weighted by Gasteiger charge is 2.38. The highest BCUT2D eigenvalue weighted by atomic mass is 19.4. The molecule has 1 aromatic heterocycles. The first-order chi connectivity index (χ1) is 7.89. The van der Waals surface area contributed by atoms with E-state index in [9.17, 15) is 13.2 Å². The fraction of sp³-hybridized carbons (Fsp3) is 0.250. The van der Waals surface area contributed by atoms with Gasteiger partial charge in [-0.15, -0.1) is 0 Å². The molecule has 0 fully saturated rings. The Morgan fingerprint density at radius 3 is 2.53 bits per heavy atom. The first-order valence-electron chi connectivity index (χ1n) is 5.11. The van der Waals surface area contributed by atoms with Crippen molar-refractivity contribution in [1.82, 2.24) is 4.98 Å². The molecule has 0 aliphatic carbocycles. The van der Waals surface area contributed by atoms with Crippen molar-refractivity contribution in [2.75, 3.05) is 5.73 Å². The first-order valence-corrected chi connectivity index (χ1v) is 5.11. The molecule has 2 rings (SSSR count). The third kappa shape index (κ3) is 2.18. The average molecular weight is 240 g/mol. The number of aromatic nitrogens is 1. The molecule has 1 atom stereocenters. The van der Waals surface area contributed by atoms with Crippen molar-refractivity contribution < 1.29 is 13.2 Å². The minimum Gasteiger partial charge on any atom is -0.384 e. The maximum atomic E-state index is 12.7. The molecule has 0 aliphatic rings. The van der Waals surface area contributed by atoms with Gasteiger partial charge in [-0.25, -0.2) is 4.98 Å². The molecule has 2 N–H and O–H groups in total. The third-order valence-corrected chi connectivity index (χ3v) is 2.69.